The number of amides is 2. The Morgan fingerprint density at radius 2 is 2.31 bits per heavy atom. The van der Waals surface area contributed by atoms with E-state index >= 15 is 0 Å². The highest BCUT2D eigenvalue weighted by molar-refractivity contribution is 9.09. The van der Waals surface area contributed by atoms with Crippen LogP contribution in [0.1, 0.15) is 19.8 Å². The second-order valence-corrected chi connectivity index (χ2v) is 4.24. The van der Waals surface area contributed by atoms with E-state index in [4.69, 9.17) is 4.74 Å². The number of nitrogens with zero attached hydrogens (tertiary/aromatic N) is 1. The van der Waals surface area contributed by atoms with Crippen molar-refractivity contribution in [3.05, 3.63) is 0 Å². The summed E-state index contributed by atoms with van der Waals surface area (Å²) in [5.74, 6) is 0.0651. The number of piperidine rings is 1. The summed E-state index contributed by atoms with van der Waals surface area (Å²) in [6.45, 7) is 3.47. The number of halogens is 1. The lowest BCUT2D eigenvalue weighted by atomic mass is 10.1. The minimum absolute atomic E-state index is 0.01000. The number of carbonyl (C=O) groups is 2. The summed E-state index contributed by atoms with van der Waals surface area (Å²) in [6.07, 6.45) is 1.40. The molecule has 1 fully saturated rings. The number of alkyl halides is 1. The third-order valence-corrected chi connectivity index (χ3v) is 2.97. The average molecular weight is 293 g/mol. The Hall–Kier alpha value is -0.780. The van der Waals surface area contributed by atoms with Crippen molar-refractivity contribution >= 4 is 27.9 Å². The van der Waals surface area contributed by atoms with Gasteiger partial charge in [-0.05, 0) is 19.8 Å². The summed E-state index contributed by atoms with van der Waals surface area (Å²) < 4.78 is 4.80. The fourth-order valence-corrected chi connectivity index (χ4v) is 2.10. The Kier molecular flexibility index (Phi) is 5.59. The minimum Gasteiger partial charge on any atom is -0.450 e. The van der Waals surface area contributed by atoms with Gasteiger partial charge in [-0.2, -0.15) is 0 Å². The maximum atomic E-state index is 11.5. The van der Waals surface area contributed by atoms with Crippen molar-refractivity contribution in [1.82, 2.24) is 10.2 Å². The normalized spacial score (nSPS) is 20.4. The maximum absolute atomic E-state index is 11.5. The van der Waals surface area contributed by atoms with Crippen molar-refractivity contribution < 1.29 is 14.3 Å². The van der Waals surface area contributed by atoms with Gasteiger partial charge in [0.05, 0.1) is 11.9 Å². The van der Waals surface area contributed by atoms with Crippen LogP contribution in [0, 0.1) is 0 Å². The monoisotopic (exact) mass is 292 g/mol. The van der Waals surface area contributed by atoms with Gasteiger partial charge in [-0.15, -0.1) is 0 Å². The largest absolute Gasteiger partial charge is 0.450 e. The van der Waals surface area contributed by atoms with Crippen LogP contribution in [0.3, 0.4) is 0 Å². The molecule has 0 saturated carbocycles. The van der Waals surface area contributed by atoms with Crippen molar-refractivity contribution in [3.63, 3.8) is 0 Å². The first-order chi connectivity index (χ1) is 7.67. The van der Waals surface area contributed by atoms with Crippen LogP contribution in [0.15, 0.2) is 0 Å². The van der Waals surface area contributed by atoms with E-state index in [9.17, 15) is 9.59 Å². The number of nitrogens with one attached hydrogen (secondary N) is 1. The van der Waals surface area contributed by atoms with Gasteiger partial charge in [0.1, 0.15) is 0 Å². The van der Waals surface area contributed by atoms with Gasteiger partial charge in [0.15, 0.2) is 0 Å². The molecular weight excluding hydrogens is 276 g/mol. The predicted octanol–water partition coefficient (Wildman–Crippen LogP) is 1.12. The minimum atomic E-state index is -0.402. The second-order valence-electron chi connectivity index (χ2n) is 3.68. The Balaban J connectivity index is 2.38. The van der Waals surface area contributed by atoms with Gasteiger partial charge < -0.3 is 15.0 Å². The fraction of sp³-hybridized carbons (Fsp3) is 0.800. The second kappa shape index (κ2) is 6.73. The number of hydrogen-bond acceptors (Lipinski definition) is 3. The summed E-state index contributed by atoms with van der Waals surface area (Å²) >= 11 is 3.14. The first-order valence-corrected chi connectivity index (χ1v) is 6.56. The molecule has 92 valence electrons. The zero-order valence-corrected chi connectivity index (χ0v) is 11.0. The van der Waals surface area contributed by atoms with Crippen molar-refractivity contribution in [2.24, 2.45) is 0 Å². The predicted molar refractivity (Wildman–Crippen MR) is 63.6 cm³/mol. The number of alkyl carbamates (subject to hydrolysis) is 1. The number of rotatable bonds is 3. The summed E-state index contributed by atoms with van der Waals surface area (Å²) in [4.78, 5) is 24.4. The first-order valence-electron chi connectivity index (χ1n) is 5.44. The third kappa shape index (κ3) is 4.00. The molecule has 1 N–H and O–H groups in total. The van der Waals surface area contributed by atoms with Crippen LogP contribution in [-0.2, 0) is 9.53 Å². The van der Waals surface area contributed by atoms with Crippen molar-refractivity contribution in [2.45, 2.75) is 25.8 Å². The van der Waals surface area contributed by atoms with Gasteiger partial charge in [-0.1, -0.05) is 15.9 Å². The van der Waals surface area contributed by atoms with E-state index in [1.165, 1.54) is 0 Å². The smallest absolute Gasteiger partial charge is 0.407 e. The van der Waals surface area contributed by atoms with Gasteiger partial charge in [0.2, 0.25) is 5.91 Å². The Morgan fingerprint density at radius 3 is 2.94 bits per heavy atom. The fourth-order valence-electron chi connectivity index (χ4n) is 1.75. The number of carbonyl (C=O) groups excluding carboxylic acids is 2. The first kappa shape index (κ1) is 13.3. The molecule has 1 heterocycles. The van der Waals surface area contributed by atoms with Crippen molar-refractivity contribution in [2.75, 3.05) is 25.0 Å². The molecule has 1 rings (SSSR count). The van der Waals surface area contributed by atoms with Crippen molar-refractivity contribution in [1.29, 1.82) is 0 Å². The topological polar surface area (TPSA) is 58.6 Å². The summed E-state index contributed by atoms with van der Waals surface area (Å²) in [5, 5.41) is 3.09. The zero-order chi connectivity index (χ0) is 12.0. The zero-order valence-electron chi connectivity index (χ0n) is 9.37. The van der Waals surface area contributed by atoms with E-state index in [1.54, 1.807) is 11.8 Å². The van der Waals surface area contributed by atoms with Gasteiger partial charge in [-0.3, -0.25) is 4.79 Å². The molecule has 0 radical (unpaired) electrons. The van der Waals surface area contributed by atoms with Crippen LogP contribution in [-0.4, -0.2) is 48.0 Å². The molecule has 0 aromatic rings. The van der Waals surface area contributed by atoms with Gasteiger partial charge in [-0.25, -0.2) is 4.79 Å². The number of hydrogen-bond donors (Lipinski definition) is 1. The Labute approximate surface area is 104 Å². The molecule has 1 aliphatic rings. The highest BCUT2D eigenvalue weighted by Crippen LogP contribution is 2.11. The highest BCUT2D eigenvalue weighted by Gasteiger charge is 2.24. The van der Waals surface area contributed by atoms with Crippen LogP contribution < -0.4 is 5.32 Å². The quantitative estimate of drug-likeness (QED) is 0.793. The molecule has 0 spiro atoms. The van der Waals surface area contributed by atoms with E-state index in [2.05, 4.69) is 21.2 Å². The van der Waals surface area contributed by atoms with Gasteiger partial charge in [0, 0.05) is 19.1 Å². The molecule has 6 heteroatoms. The Bertz CT molecular complexity index is 260. The van der Waals surface area contributed by atoms with Crippen LogP contribution in [0.5, 0.6) is 0 Å². The highest BCUT2D eigenvalue weighted by atomic mass is 79.9. The molecular formula is C10H17BrN2O3. The van der Waals surface area contributed by atoms with Crippen molar-refractivity contribution in [3.8, 4) is 0 Å². The molecule has 5 nitrogen and oxygen atoms in total. The van der Waals surface area contributed by atoms with E-state index in [-0.39, 0.29) is 11.9 Å². The lowest BCUT2D eigenvalue weighted by Gasteiger charge is -2.32. The molecule has 1 saturated heterocycles. The van der Waals surface area contributed by atoms with E-state index < -0.39 is 6.09 Å². The molecule has 16 heavy (non-hydrogen) atoms. The SMILES string of the molecule is CCOC(=O)NC1CCCN(C(=O)CBr)C1. The number of likely N-dealkylation sites (tertiary alicyclic amines) is 1. The summed E-state index contributed by atoms with van der Waals surface area (Å²) in [5.41, 5.74) is 0. The maximum Gasteiger partial charge on any atom is 0.407 e. The Morgan fingerprint density at radius 1 is 1.56 bits per heavy atom. The molecule has 0 aromatic carbocycles. The molecule has 2 amide bonds. The lowest BCUT2D eigenvalue weighted by molar-refractivity contribution is -0.129. The van der Waals surface area contributed by atoms with Crippen LogP contribution in [0.4, 0.5) is 4.79 Å². The number of ether oxygens (including phenoxy) is 1. The van der Waals surface area contributed by atoms with Crippen LogP contribution in [0.2, 0.25) is 0 Å². The average Bonchev–Trinajstić information content (AvgIpc) is 2.28. The third-order valence-electron chi connectivity index (χ3n) is 2.49. The molecule has 0 bridgehead atoms. The van der Waals surface area contributed by atoms with E-state index in [0.29, 0.717) is 18.5 Å². The standard InChI is InChI=1S/C10H17BrN2O3/c1-2-16-10(15)12-8-4-3-5-13(7-8)9(14)6-11/h8H,2-7H2,1H3,(H,12,15). The van der Waals surface area contributed by atoms with Gasteiger partial charge in [0.25, 0.3) is 0 Å². The molecule has 0 aromatic heterocycles. The molecule has 0 aliphatic carbocycles. The van der Waals surface area contributed by atoms with E-state index in [1.807, 2.05) is 0 Å². The lowest BCUT2D eigenvalue weighted by Crippen LogP contribution is -2.50. The molecule has 1 aliphatic heterocycles. The van der Waals surface area contributed by atoms with E-state index in [0.717, 1.165) is 19.4 Å². The summed E-state index contributed by atoms with van der Waals surface area (Å²) in [6, 6.07) is 0.01000. The van der Waals surface area contributed by atoms with Crippen LogP contribution in [0.25, 0.3) is 0 Å². The molecule has 1 unspecified atom stereocenters. The molecule has 1 atom stereocenters. The van der Waals surface area contributed by atoms with Crippen LogP contribution >= 0.6 is 15.9 Å². The van der Waals surface area contributed by atoms with Gasteiger partial charge >= 0.3 is 6.09 Å². The summed E-state index contributed by atoms with van der Waals surface area (Å²) in [7, 11) is 0.